The van der Waals surface area contributed by atoms with E-state index in [-0.39, 0.29) is 29.8 Å². The minimum atomic E-state index is -0.151. The van der Waals surface area contributed by atoms with Gasteiger partial charge in [-0.1, -0.05) is 13.8 Å². The van der Waals surface area contributed by atoms with Crippen LogP contribution in [0.25, 0.3) is 0 Å². The number of carbonyl (C=O) groups excluding carboxylic acids is 1. The van der Waals surface area contributed by atoms with Crippen LogP contribution in [0.2, 0.25) is 0 Å². The van der Waals surface area contributed by atoms with E-state index in [1.54, 1.807) is 12.3 Å². The largest absolute Gasteiger partial charge is 0.327 e. The van der Waals surface area contributed by atoms with Gasteiger partial charge in [0.25, 0.3) is 5.56 Å². The zero-order chi connectivity index (χ0) is 13.7. The lowest BCUT2D eigenvalue weighted by Crippen LogP contribution is -2.31. The first-order valence-electron chi connectivity index (χ1n) is 6.20. The molecule has 1 aromatic heterocycles. The molecule has 1 heterocycles. The van der Waals surface area contributed by atoms with Gasteiger partial charge in [0.05, 0.1) is 5.69 Å². The summed E-state index contributed by atoms with van der Waals surface area (Å²) in [6, 6.07) is 2.90. The molecule has 100 valence electrons. The monoisotopic (exact) mass is 251 g/mol. The Morgan fingerprint density at radius 2 is 2.11 bits per heavy atom. The Kier molecular flexibility index (Phi) is 5.09. The molecule has 0 saturated heterocycles. The summed E-state index contributed by atoms with van der Waals surface area (Å²) in [6.07, 6.45) is 1.92. The Morgan fingerprint density at radius 3 is 2.67 bits per heavy atom. The third-order valence-electron chi connectivity index (χ3n) is 2.89. The van der Waals surface area contributed by atoms with Gasteiger partial charge < -0.3 is 15.6 Å². The fourth-order valence-electron chi connectivity index (χ4n) is 1.51. The van der Waals surface area contributed by atoms with Gasteiger partial charge in [-0.2, -0.15) is 0 Å². The van der Waals surface area contributed by atoms with E-state index in [1.807, 2.05) is 20.8 Å². The number of aryl methyl sites for hydroxylation is 1. The molecule has 0 aromatic carbocycles. The topological polar surface area (TPSA) is 77.1 Å². The van der Waals surface area contributed by atoms with Crippen LogP contribution in [-0.2, 0) is 11.3 Å². The van der Waals surface area contributed by atoms with Crippen LogP contribution in [-0.4, -0.2) is 16.5 Å². The van der Waals surface area contributed by atoms with E-state index < -0.39 is 0 Å². The summed E-state index contributed by atoms with van der Waals surface area (Å²) in [5, 5.41) is 2.75. The fraction of sp³-hybridized carbons (Fsp3) is 0.538. The number of nitrogens with one attached hydrogen (secondary N) is 1. The number of pyridine rings is 1. The van der Waals surface area contributed by atoms with Gasteiger partial charge in [0.2, 0.25) is 5.91 Å². The van der Waals surface area contributed by atoms with Crippen LogP contribution >= 0.6 is 0 Å². The summed E-state index contributed by atoms with van der Waals surface area (Å²) in [5.74, 6) is 0.137. The van der Waals surface area contributed by atoms with Crippen LogP contribution in [0.4, 0.5) is 5.69 Å². The maximum absolute atomic E-state index is 11.7. The van der Waals surface area contributed by atoms with Crippen LogP contribution in [0, 0.1) is 5.92 Å². The number of hydrogen-bond acceptors (Lipinski definition) is 3. The van der Waals surface area contributed by atoms with E-state index in [2.05, 4.69) is 5.32 Å². The Balaban J connectivity index is 2.68. The highest BCUT2D eigenvalue weighted by molar-refractivity contribution is 5.90. The van der Waals surface area contributed by atoms with Gasteiger partial charge in [0.1, 0.15) is 0 Å². The highest BCUT2D eigenvalue weighted by Crippen LogP contribution is 2.07. The van der Waals surface area contributed by atoms with Crippen molar-refractivity contribution in [1.29, 1.82) is 0 Å². The Hall–Kier alpha value is -1.62. The molecule has 1 rings (SSSR count). The molecular weight excluding hydrogens is 230 g/mol. The zero-order valence-corrected chi connectivity index (χ0v) is 11.1. The van der Waals surface area contributed by atoms with E-state index in [0.29, 0.717) is 12.2 Å². The minimum Gasteiger partial charge on any atom is -0.327 e. The summed E-state index contributed by atoms with van der Waals surface area (Å²) >= 11 is 0. The molecule has 0 aliphatic rings. The van der Waals surface area contributed by atoms with Crippen molar-refractivity contribution in [3.8, 4) is 0 Å². The average molecular weight is 251 g/mol. The number of nitrogens with two attached hydrogens (primary N) is 1. The van der Waals surface area contributed by atoms with Gasteiger partial charge in [-0.25, -0.2) is 0 Å². The van der Waals surface area contributed by atoms with Crippen LogP contribution in [0.5, 0.6) is 0 Å². The van der Waals surface area contributed by atoms with Gasteiger partial charge in [-0.3, -0.25) is 9.59 Å². The smallest absolute Gasteiger partial charge is 0.250 e. The van der Waals surface area contributed by atoms with Crippen LogP contribution in [0.15, 0.2) is 23.1 Å². The number of nitrogens with zero attached hydrogens (tertiary/aromatic N) is 1. The molecule has 0 radical (unpaired) electrons. The molecule has 0 saturated carbocycles. The Labute approximate surface area is 107 Å². The summed E-state index contributed by atoms with van der Waals surface area (Å²) in [6.45, 7) is 6.42. The molecule has 5 nitrogen and oxygen atoms in total. The van der Waals surface area contributed by atoms with Gasteiger partial charge in [-0.15, -0.1) is 0 Å². The third-order valence-corrected chi connectivity index (χ3v) is 2.89. The lowest BCUT2D eigenvalue weighted by atomic mass is 10.0. The lowest BCUT2D eigenvalue weighted by Gasteiger charge is -2.15. The zero-order valence-electron chi connectivity index (χ0n) is 11.1. The summed E-state index contributed by atoms with van der Waals surface area (Å²) in [4.78, 5) is 23.1. The molecule has 0 aliphatic carbocycles. The number of anilines is 1. The number of carbonyl (C=O) groups is 1. The van der Waals surface area contributed by atoms with Gasteiger partial charge in [-0.05, 0) is 18.9 Å². The van der Waals surface area contributed by atoms with Crippen molar-refractivity contribution < 1.29 is 4.79 Å². The second kappa shape index (κ2) is 6.35. The van der Waals surface area contributed by atoms with Crippen molar-refractivity contribution in [1.82, 2.24) is 4.57 Å². The van der Waals surface area contributed by atoms with E-state index in [0.717, 1.165) is 0 Å². The summed E-state index contributed by atoms with van der Waals surface area (Å²) in [5.41, 5.74) is 6.38. The molecule has 1 aromatic rings. The van der Waals surface area contributed by atoms with Crippen LogP contribution < -0.4 is 16.6 Å². The number of aromatic nitrogens is 1. The lowest BCUT2D eigenvalue weighted by molar-refractivity contribution is -0.116. The van der Waals surface area contributed by atoms with Crippen molar-refractivity contribution >= 4 is 11.6 Å². The quantitative estimate of drug-likeness (QED) is 0.825. The van der Waals surface area contributed by atoms with Crippen molar-refractivity contribution in [2.45, 2.75) is 39.8 Å². The van der Waals surface area contributed by atoms with Crippen molar-refractivity contribution in [3.63, 3.8) is 0 Å². The number of rotatable bonds is 5. The van der Waals surface area contributed by atoms with Crippen molar-refractivity contribution in [2.75, 3.05) is 5.32 Å². The van der Waals surface area contributed by atoms with Gasteiger partial charge >= 0.3 is 0 Å². The first-order valence-corrected chi connectivity index (χ1v) is 6.20. The fourth-order valence-corrected chi connectivity index (χ4v) is 1.51. The Morgan fingerprint density at radius 1 is 1.44 bits per heavy atom. The molecule has 0 aliphatic heterocycles. The minimum absolute atomic E-state index is 0.0746. The van der Waals surface area contributed by atoms with Crippen LogP contribution in [0.1, 0.15) is 27.2 Å². The SMILES string of the molecule is CCn1cc(NC(=O)CC(N)C(C)C)ccc1=O. The van der Waals surface area contributed by atoms with Crippen LogP contribution in [0.3, 0.4) is 0 Å². The molecule has 18 heavy (non-hydrogen) atoms. The first-order chi connectivity index (χ1) is 8.43. The molecule has 0 spiro atoms. The standard InChI is InChI=1S/C13H21N3O2/c1-4-16-8-10(5-6-13(16)18)15-12(17)7-11(14)9(2)3/h5-6,8-9,11H,4,7,14H2,1-3H3,(H,15,17). The molecule has 3 N–H and O–H groups in total. The highest BCUT2D eigenvalue weighted by atomic mass is 16.1. The predicted octanol–water partition coefficient (Wildman–Crippen LogP) is 1.18. The molecule has 5 heteroatoms. The van der Waals surface area contributed by atoms with E-state index in [9.17, 15) is 9.59 Å². The maximum Gasteiger partial charge on any atom is 0.250 e. The van der Waals surface area contributed by atoms with E-state index >= 15 is 0 Å². The van der Waals surface area contributed by atoms with E-state index in [1.165, 1.54) is 10.6 Å². The molecule has 0 bridgehead atoms. The van der Waals surface area contributed by atoms with Crippen molar-refractivity contribution in [2.24, 2.45) is 11.7 Å². The second-order valence-electron chi connectivity index (χ2n) is 4.70. The first kappa shape index (κ1) is 14.4. The second-order valence-corrected chi connectivity index (χ2v) is 4.70. The van der Waals surface area contributed by atoms with Crippen molar-refractivity contribution in [3.05, 3.63) is 28.7 Å². The Bertz CT molecular complexity index is 466. The van der Waals surface area contributed by atoms with Gasteiger partial charge in [0.15, 0.2) is 0 Å². The summed E-state index contributed by atoms with van der Waals surface area (Å²) < 4.78 is 1.54. The molecular formula is C13H21N3O2. The highest BCUT2D eigenvalue weighted by Gasteiger charge is 2.13. The molecule has 0 fully saturated rings. The maximum atomic E-state index is 11.7. The third kappa shape index (κ3) is 4.00. The van der Waals surface area contributed by atoms with Gasteiger partial charge in [0, 0.05) is 31.3 Å². The molecule has 1 unspecified atom stereocenters. The molecule has 1 amide bonds. The average Bonchev–Trinajstić information content (AvgIpc) is 2.31. The molecule has 1 atom stereocenters. The van der Waals surface area contributed by atoms with E-state index in [4.69, 9.17) is 5.73 Å². The summed E-state index contributed by atoms with van der Waals surface area (Å²) in [7, 11) is 0. The number of amides is 1. The number of hydrogen-bond donors (Lipinski definition) is 2. The normalized spacial score (nSPS) is 12.5. The predicted molar refractivity (Wildman–Crippen MR) is 72.4 cm³/mol.